The Morgan fingerprint density at radius 3 is 2.67 bits per heavy atom. The highest BCUT2D eigenvalue weighted by atomic mass is 35.5. The third-order valence-corrected chi connectivity index (χ3v) is 2.76. The Morgan fingerprint density at radius 2 is 2.11 bits per heavy atom. The van der Waals surface area contributed by atoms with E-state index < -0.39 is 5.97 Å². The zero-order chi connectivity index (χ0) is 13.7. The average Bonchev–Trinajstić information content (AvgIpc) is 2.34. The van der Waals surface area contributed by atoms with E-state index >= 15 is 0 Å². The third-order valence-electron chi connectivity index (χ3n) is 2.44. The molecule has 1 rings (SSSR count). The number of likely N-dealkylation sites (N-methyl/N-ethyl adjacent to an activating group) is 1. The molecule has 0 spiro atoms. The second-order valence-corrected chi connectivity index (χ2v) is 4.02. The van der Waals surface area contributed by atoms with Crippen LogP contribution >= 0.6 is 11.6 Å². The van der Waals surface area contributed by atoms with Crippen molar-refractivity contribution >= 4 is 23.5 Å². The van der Waals surface area contributed by atoms with E-state index in [0.717, 1.165) is 0 Å². The zero-order valence-electron chi connectivity index (χ0n) is 10.1. The Balaban J connectivity index is 2.83. The molecule has 0 unspecified atom stereocenters. The predicted molar refractivity (Wildman–Crippen MR) is 67.2 cm³/mol. The maximum Gasteiger partial charge on any atom is 0.341 e. The van der Waals surface area contributed by atoms with E-state index in [2.05, 4.69) is 0 Å². The van der Waals surface area contributed by atoms with Gasteiger partial charge in [-0.25, -0.2) is 4.79 Å². The minimum absolute atomic E-state index is 0.0799. The van der Waals surface area contributed by atoms with E-state index in [4.69, 9.17) is 21.4 Å². The smallest absolute Gasteiger partial charge is 0.341 e. The molecule has 0 aliphatic rings. The summed E-state index contributed by atoms with van der Waals surface area (Å²) in [5.41, 5.74) is -0.133. The van der Waals surface area contributed by atoms with Crippen molar-refractivity contribution in [2.45, 2.75) is 6.92 Å². The Hall–Kier alpha value is -1.75. The van der Waals surface area contributed by atoms with Crippen molar-refractivity contribution in [2.75, 3.05) is 20.2 Å². The fourth-order valence-electron chi connectivity index (χ4n) is 1.26. The molecule has 1 aromatic rings. The second-order valence-electron chi connectivity index (χ2n) is 3.61. The molecule has 1 amide bonds. The Morgan fingerprint density at radius 1 is 1.44 bits per heavy atom. The van der Waals surface area contributed by atoms with Crippen LogP contribution in [0, 0.1) is 0 Å². The second kappa shape index (κ2) is 6.26. The van der Waals surface area contributed by atoms with Crippen LogP contribution in [-0.2, 0) is 4.79 Å². The normalized spacial score (nSPS) is 9.94. The molecule has 0 saturated heterocycles. The van der Waals surface area contributed by atoms with E-state index in [1.165, 1.54) is 17.0 Å². The summed E-state index contributed by atoms with van der Waals surface area (Å²) < 4.78 is 5.21. The SMILES string of the molecule is CCN(C)C(=O)COc1cccc(Cl)c1C(=O)O. The lowest BCUT2D eigenvalue weighted by molar-refractivity contribution is -0.131. The number of aromatic carboxylic acids is 1. The van der Waals surface area contributed by atoms with E-state index in [9.17, 15) is 9.59 Å². The van der Waals surface area contributed by atoms with E-state index in [1.807, 2.05) is 6.92 Å². The maximum atomic E-state index is 11.5. The first-order valence-electron chi connectivity index (χ1n) is 5.36. The molecule has 5 nitrogen and oxygen atoms in total. The lowest BCUT2D eigenvalue weighted by Gasteiger charge is -2.15. The first kappa shape index (κ1) is 14.3. The third kappa shape index (κ3) is 3.37. The summed E-state index contributed by atoms with van der Waals surface area (Å²) in [4.78, 5) is 24.0. The first-order chi connectivity index (χ1) is 8.47. The van der Waals surface area contributed by atoms with Gasteiger partial charge in [-0.15, -0.1) is 0 Å². The van der Waals surface area contributed by atoms with Gasteiger partial charge >= 0.3 is 5.97 Å². The molecule has 0 aliphatic carbocycles. The number of carbonyl (C=O) groups is 2. The van der Waals surface area contributed by atoms with Crippen LogP contribution in [0.25, 0.3) is 0 Å². The highest BCUT2D eigenvalue weighted by Crippen LogP contribution is 2.26. The van der Waals surface area contributed by atoms with E-state index in [-0.39, 0.29) is 28.8 Å². The minimum Gasteiger partial charge on any atom is -0.483 e. The van der Waals surface area contributed by atoms with Crippen molar-refractivity contribution in [2.24, 2.45) is 0 Å². The van der Waals surface area contributed by atoms with E-state index in [1.54, 1.807) is 13.1 Å². The summed E-state index contributed by atoms with van der Waals surface area (Å²) in [6, 6.07) is 4.49. The van der Waals surface area contributed by atoms with Gasteiger partial charge in [0.05, 0.1) is 5.02 Å². The number of halogens is 1. The molecular weight excluding hydrogens is 258 g/mol. The molecule has 0 atom stereocenters. The lowest BCUT2D eigenvalue weighted by Crippen LogP contribution is -2.31. The summed E-state index contributed by atoms with van der Waals surface area (Å²) in [7, 11) is 1.64. The highest BCUT2D eigenvalue weighted by molar-refractivity contribution is 6.33. The maximum absolute atomic E-state index is 11.5. The molecule has 1 aromatic carbocycles. The van der Waals surface area contributed by atoms with Gasteiger partial charge in [0, 0.05) is 13.6 Å². The van der Waals surface area contributed by atoms with Gasteiger partial charge in [0.2, 0.25) is 0 Å². The molecule has 1 N–H and O–H groups in total. The fourth-order valence-corrected chi connectivity index (χ4v) is 1.50. The predicted octanol–water partition coefficient (Wildman–Crippen LogP) is 1.90. The minimum atomic E-state index is -1.19. The molecule has 0 aliphatic heterocycles. The molecule has 6 heteroatoms. The quantitative estimate of drug-likeness (QED) is 0.888. The van der Waals surface area contributed by atoms with Crippen LogP contribution < -0.4 is 4.74 Å². The lowest BCUT2D eigenvalue weighted by atomic mass is 10.2. The number of rotatable bonds is 5. The standard InChI is InChI=1S/C12H14ClNO4/c1-3-14(2)10(15)7-18-9-6-4-5-8(13)11(9)12(16)17/h4-6H,3,7H2,1-2H3,(H,16,17). The molecule has 0 saturated carbocycles. The molecule has 0 fully saturated rings. The molecular formula is C12H14ClNO4. The number of hydrogen-bond donors (Lipinski definition) is 1. The molecule has 98 valence electrons. The average molecular weight is 272 g/mol. The Kier molecular flexibility index (Phi) is 4.97. The van der Waals surface area contributed by atoms with Gasteiger partial charge in [-0.2, -0.15) is 0 Å². The number of nitrogens with zero attached hydrogens (tertiary/aromatic N) is 1. The number of amides is 1. The van der Waals surface area contributed by atoms with Gasteiger partial charge in [-0.3, -0.25) is 4.79 Å². The van der Waals surface area contributed by atoms with Crippen molar-refractivity contribution < 1.29 is 19.4 Å². The van der Waals surface area contributed by atoms with Gasteiger partial charge in [0.25, 0.3) is 5.91 Å². The largest absolute Gasteiger partial charge is 0.483 e. The summed E-state index contributed by atoms with van der Waals surface area (Å²) in [5, 5.41) is 9.09. The van der Waals surface area contributed by atoms with Crippen LogP contribution in [0.2, 0.25) is 5.02 Å². The zero-order valence-corrected chi connectivity index (χ0v) is 10.9. The number of carboxylic acids is 1. The number of ether oxygens (including phenoxy) is 1. The van der Waals surface area contributed by atoms with Crippen LogP contribution in [0.5, 0.6) is 5.75 Å². The van der Waals surface area contributed by atoms with Gasteiger partial charge < -0.3 is 14.7 Å². The molecule has 0 bridgehead atoms. The number of carbonyl (C=O) groups excluding carboxylic acids is 1. The highest BCUT2D eigenvalue weighted by Gasteiger charge is 2.17. The molecule has 0 radical (unpaired) electrons. The molecule has 0 aromatic heterocycles. The van der Waals surface area contributed by atoms with Crippen LogP contribution in [0.3, 0.4) is 0 Å². The summed E-state index contributed by atoms with van der Waals surface area (Å²) >= 11 is 5.77. The van der Waals surface area contributed by atoms with Gasteiger partial charge in [0.15, 0.2) is 6.61 Å². The Labute approximate surface area is 110 Å². The Bertz CT molecular complexity index is 461. The first-order valence-corrected chi connectivity index (χ1v) is 5.73. The summed E-state index contributed by atoms with van der Waals surface area (Å²) in [5.74, 6) is -1.33. The molecule has 0 heterocycles. The fraction of sp³-hybridized carbons (Fsp3) is 0.333. The van der Waals surface area contributed by atoms with Crippen molar-refractivity contribution in [3.8, 4) is 5.75 Å². The summed E-state index contributed by atoms with van der Waals surface area (Å²) in [6.45, 7) is 2.18. The van der Waals surface area contributed by atoms with Crippen molar-refractivity contribution in [3.63, 3.8) is 0 Å². The van der Waals surface area contributed by atoms with Crippen molar-refractivity contribution in [1.29, 1.82) is 0 Å². The van der Waals surface area contributed by atoms with Crippen LogP contribution in [0.4, 0.5) is 0 Å². The van der Waals surface area contributed by atoms with Gasteiger partial charge in [-0.05, 0) is 19.1 Å². The van der Waals surface area contributed by atoms with Crippen molar-refractivity contribution in [1.82, 2.24) is 4.90 Å². The number of benzene rings is 1. The van der Waals surface area contributed by atoms with Crippen LogP contribution in [0.1, 0.15) is 17.3 Å². The topological polar surface area (TPSA) is 66.8 Å². The monoisotopic (exact) mass is 271 g/mol. The number of hydrogen-bond acceptors (Lipinski definition) is 3. The van der Waals surface area contributed by atoms with Gasteiger partial charge in [-0.1, -0.05) is 17.7 Å². The van der Waals surface area contributed by atoms with Crippen LogP contribution in [-0.4, -0.2) is 42.1 Å². The molecule has 18 heavy (non-hydrogen) atoms. The number of carboxylic acid groups (broad SMARTS) is 1. The summed E-state index contributed by atoms with van der Waals surface area (Å²) in [6.07, 6.45) is 0. The van der Waals surface area contributed by atoms with Crippen LogP contribution in [0.15, 0.2) is 18.2 Å². The van der Waals surface area contributed by atoms with E-state index in [0.29, 0.717) is 6.54 Å². The van der Waals surface area contributed by atoms with Crippen molar-refractivity contribution in [3.05, 3.63) is 28.8 Å². The van der Waals surface area contributed by atoms with Gasteiger partial charge in [0.1, 0.15) is 11.3 Å².